The predicted octanol–water partition coefficient (Wildman–Crippen LogP) is 6.59. The number of imide groups is 1. The lowest BCUT2D eigenvalue weighted by atomic mass is 10.0. The third kappa shape index (κ3) is 7.69. The van der Waals surface area contributed by atoms with E-state index < -0.39 is 28.5 Å². The zero-order chi connectivity index (χ0) is 31.1. The molecule has 1 N–H and O–H groups in total. The molecular formula is C32H31N3O7S. The summed E-state index contributed by atoms with van der Waals surface area (Å²) in [5.41, 5.74) is 4.75. The zero-order valence-electron chi connectivity index (χ0n) is 24.0. The fraction of sp³-hybridized carbons (Fsp3) is 0.219. The largest absolute Gasteiger partial charge is 0.490 e. The van der Waals surface area contributed by atoms with Crippen LogP contribution in [0.2, 0.25) is 0 Å². The highest BCUT2D eigenvalue weighted by molar-refractivity contribution is 8.18. The maximum absolute atomic E-state index is 13.1. The molecule has 1 fully saturated rings. The molecule has 0 aliphatic carbocycles. The molecule has 222 valence electrons. The van der Waals surface area contributed by atoms with Gasteiger partial charge in [-0.25, -0.2) is 0 Å². The number of nitro groups is 1. The Kier molecular flexibility index (Phi) is 9.99. The van der Waals surface area contributed by atoms with E-state index in [1.165, 1.54) is 12.1 Å². The number of carbonyl (C=O) groups is 3. The molecule has 0 aromatic heterocycles. The number of nitro benzene ring substituents is 1. The number of hydrogen-bond donors (Lipinski definition) is 1. The normalized spacial score (nSPS) is 13.7. The molecule has 0 saturated carbocycles. The Morgan fingerprint density at radius 3 is 2.47 bits per heavy atom. The minimum Gasteiger partial charge on any atom is -0.490 e. The summed E-state index contributed by atoms with van der Waals surface area (Å²) in [6.07, 6.45) is 3.72. The molecule has 1 heterocycles. The molecule has 43 heavy (non-hydrogen) atoms. The molecule has 4 rings (SSSR count). The minimum atomic E-state index is -0.563. The number of benzene rings is 3. The Hall–Kier alpha value is -4.90. The van der Waals surface area contributed by atoms with Crippen LogP contribution in [0.1, 0.15) is 34.7 Å². The van der Waals surface area contributed by atoms with Gasteiger partial charge >= 0.3 is 0 Å². The van der Waals surface area contributed by atoms with E-state index in [9.17, 15) is 24.5 Å². The van der Waals surface area contributed by atoms with E-state index in [1.54, 1.807) is 36.4 Å². The maximum atomic E-state index is 13.1. The predicted molar refractivity (Wildman–Crippen MR) is 166 cm³/mol. The molecule has 3 amide bonds. The first-order valence-corrected chi connectivity index (χ1v) is 14.3. The summed E-state index contributed by atoms with van der Waals surface area (Å²) in [5.74, 6) is -0.129. The van der Waals surface area contributed by atoms with Crippen LogP contribution in [-0.4, -0.2) is 40.0 Å². The monoisotopic (exact) mass is 601 g/mol. The second kappa shape index (κ2) is 13.8. The highest BCUT2D eigenvalue weighted by Gasteiger charge is 2.36. The van der Waals surface area contributed by atoms with Crippen LogP contribution in [0.25, 0.3) is 6.08 Å². The third-order valence-electron chi connectivity index (χ3n) is 6.61. The Bertz CT molecular complexity index is 1620. The molecule has 0 radical (unpaired) electrons. The van der Waals surface area contributed by atoms with Crippen LogP contribution in [0.5, 0.6) is 11.5 Å². The number of hydrogen-bond acceptors (Lipinski definition) is 8. The highest BCUT2D eigenvalue weighted by atomic mass is 32.2. The lowest BCUT2D eigenvalue weighted by molar-refractivity contribution is -0.384. The average Bonchev–Trinajstić information content (AvgIpc) is 3.22. The molecule has 1 aliphatic rings. The lowest BCUT2D eigenvalue weighted by Gasteiger charge is -2.17. The molecule has 0 spiro atoms. The molecule has 3 aromatic rings. The van der Waals surface area contributed by atoms with Crippen LogP contribution >= 0.6 is 11.8 Å². The Morgan fingerprint density at radius 2 is 1.81 bits per heavy atom. The molecule has 0 bridgehead atoms. The van der Waals surface area contributed by atoms with E-state index in [-0.39, 0.29) is 17.2 Å². The van der Waals surface area contributed by atoms with E-state index in [0.717, 1.165) is 38.9 Å². The van der Waals surface area contributed by atoms with Gasteiger partial charge in [0.1, 0.15) is 13.2 Å². The topological polar surface area (TPSA) is 128 Å². The third-order valence-corrected chi connectivity index (χ3v) is 7.52. The summed E-state index contributed by atoms with van der Waals surface area (Å²) in [4.78, 5) is 50.1. The molecule has 1 saturated heterocycles. The van der Waals surface area contributed by atoms with Crippen molar-refractivity contribution in [2.24, 2.45) is 0 Å². The van der Waals surface area contributed by atoms with Gasteiger partial charge in [0.25, 0.3) is 16.8 Å². The zero-order valence-corrected chi connectivity index (χ0v) is 24.9. The van der Waals surface area contributed by atoms with Crippen molar-refractivity contribution in [2.45, 2.75) is 33.8 Å². The quantitative estimate of drug-likeness (QED) is 0.107. The van der Waals surface area contributed by atoms with Crippen molar-refractivity contribution in [1.82, 2.24) is 4.90 Å². The number of carbonyl (C=O) groups excluding carboxylic acids is 3. The van der Waals surface area contributed by atoms with Crippen LogP contribution in [0, 0.1) is 24.0 Å². The molecule has 1 aliphatic heterocycles. The SMILES string of the molecule is C=CCc1cc(/C=C2/SC(=O)N(CC(=O)Nc3ccc(C)c(C)c3)C2=O)cc(OCC)c1OCc1ccc([N+](=O)[O-])cc1. The fourth-order valence-corrected chi connectivity index (χ4v) is 5.16. The number of thioether (sulfide) groups is 1. The molecule has 11 heteroatoms. The number of aryl methyl sites for hydroxylation is 2. The number of allylic oxidation sites excluding steroid dienone is 1. The van der Waals surface area contributed by atoms with Gasteiger partial charge in [-0.05, 0) is 104 Å². The van der Waals surface area contributed by atoms with E-state index in [1.807, 2.05) is 39.0 Å². The van der Waals surface area contributed by atoms with Crippen LogP contribution in [0.15, 0.2) is 72.2 Å². The van der Waals surface area contributed by atoms with Gasteiger partial charge in [0.05, 0.1) is 16.4 Å². The molecule has 0 atom stereocenters. The van der Waals surface area contributed by atoms with Crippen molar-refractivity contribution in [3.05, 3.63) is 110 Å². The standard InChI is InChI=1S/C32H31N3O7S/c1-5-7-24-15-23(16-27(41-6-2)30(24)42-19-22-9-12-26(13-10-22)35(39)40)17-28-31(37)34(32(38)43-28)18-29(36)33-25-11-8-20(3)21(4)14-25/h5,8-17H,1,6-7,18-19H2,2-4H3,(H,33,36)/b28-17+. The first-order valence-electron chi connectivity index (χ1n) is 13.5. The summed E-state index contributed by atoms with van der Waals surface area (Å²) in [5, 5.41) is 13.2. The number of non-ortho nitro benzene ring substituents is 1. The number of anilines is 1. The Balaban J connectivity index is 1.53. The number of nitrogens with one attached hydrogen (secondary N) is 1. The highest BCUT2D eigenvalue weighted by Crippen LogP contribution is 2.38. The Morgan fingerprint density at radius 1 is 1.07 bits per heavy atom. The molecular weight excluding hydrogens is 570 g/mol. The van der Waals surface area contributed by atoms with Gasteiger partial charge in [0.2, 0.25) is 5.91 Å². The second-order valence-corrected chi connectivity index (χ2v) is 10.8. The summed E-state index contributed by atoms with van der Waals surface area (Å²) in [6, 6.07) is 15.1. The van der Waals surface area contributed by atoms with Crippen LogP contribution in [-0.2, 0) is 22.6 Å². The van der Waals surface area contributed by atoms with Crippen molar-refractivity contribution in [3.8, 4) is 11.5 Å². The number of nitrogens with zero attached hydrogens (tertiary/aromatic N) is 2. The maximum Gasteiger partial charge on any atom is 0.294 e. The van der Waals surface area contributed by atoms with Crippen molar-refractivity contribution in [3.63, 3.8) is 0 Å². The van der Waals surface area contributed by atoms with Gasteiger partial charge in [-0.2, -0.15) is 0 Å². The number of rotatable bonds is 12. The van der Waals surface area contributed by atoms with Gasteiger partial charge in [-0.3, -0.25) is 29.4 Å². The summed E-state index contributed by atoms with van der Waals surface area (Å²) >= 11 is 0.761. The lowest BCUT2D eigenvalue weighted by Crippen LogP contribution is -2.36. The van der Waals surface area contributed by atoms with Gasteiger partial charge < -0.3 is 14.8 Å². The van der Waals surface area contributed by atoms with Gasteiger partial charge in [0, 0.05) is 23.4 Å². The average molecular weight is 602 g/mol. The van der Waals surface area contributed by atoms with Crippen LogP contribution in [0.3, 0.4) is 0 Å². The minimum absolute atomic E-state index is 0.0122. The van der Waals surface area contributed by atoms with Crippen LogP contribution in [0.4, 0.5) is 16.2 Å². The van der Waals surface area contributed by atoms with Crippen LogP contribution < -0.4 is 14.8 Å². The van der Waals surface area contributed by atoms with Crippen molar-refractivity contribution in [2.75, 3.05) is 18.5 Å². The summed E-state index contributed by atoms with van der Waals surface area (Å²) in [7, 11) is 0. The van der Waals surface area contributed by atoms with E-state index in [0.29, 0.717) is 35.8 Å². The molecule has 10 nitrogen and oxygen atoms in total. The Labute approximate surface area is 253 Å². The second-order valence-electron chi connectivity index (χ2n) is 9.76. The molecule has 0 unspecified atom stereocenters. The fourth-order valence-electron chi connectivity index (χ4n) is 4.32. The number of ether oxygens (including phenoxy) is 2. The first kappa shape index (κ1) is 31.0. The number of amides is 3. The van der Waals surface area contributed by atoms with Crippen molar-refractivity contribution < 1.29 is 28.8 Å². The van der Waals surface area contributed by atoms with Crippen molar-refractivity contribution in [1.29, 1.82) is 0 Å². The first-order chi connectivity index (χ1) is 20.6. The summed E-state index contributed by atoms with van der Waals surface area (Å²) in [6.45, 7) is 9.63. The molecule has 3 aromatic carbocycles. The van der Waals surface area contributed by atoms with Gasteiger partial charge in [-0.1, -0.05) is 12.1 Å². The van der Waals surface area contributed by atoms with E-state index >= 15 is 0 Å². The van der Waals surface area contributed by atoms with Gasteiger partial charge in [0.15, 0.2) is 11.5 Å². The summed E-state index contributed by atoms with van der Waals surface area (Å²) < 4.78 is 12.0. The smallest absolute Gasteiger partial charge is 0.294 e. The van der Waals surface area contributed by atoms with Gasteiger partial charge in [-0.15, -0.1) is 6.58 Å². The van der Waals surface area contributed by atoms with E-state index in [4.69, 9.17) is 9.47 Å². The van der Waals surface area contributed by atoms with Crippen molar-refractivity contribution >= 4 is 46.3 Å². The van der Waals surface area contributed by atoms with E-state index in [2.05, 4.69) is 11.9 Å².